The molecular weight excluding hydrogens is 440 g/mol. The number of fused-ring (bicyclic) bond motifs is 1. The molecule has 3 amide bonds. The van der Waals surface area contributed by atoms with Crippen LogP contribution in [0.1, 0.15) is 57.4 Å². The number of rotatable bonds is 5. The molecule has 184 valence electrons. The molecule has 5 rings (SSSR count). The fraction of sp³-hybridized carbons (Fsp3) is 0.640. The Balaban J connectivity index is 1.20. The van der Waals surface area contributed by atoms with Crippen molar-refractivity contribution in [1.82, 2.24) is 19.8 Å². The Morgan fingerprint density at radius 3 is 2.68 bits per heavy atom. The second-order valence-electron chi connectivity index (χ2n) is 10.4. The number of imide groups is 1. The molecule has 3 aliphatic rings. The molecule has 2 aliphatic heterocycles. The van der Waals surface area contributed by atoms with E-state index in [1.54, 1.807) is 15.6 Å². The van der Waals surface area contributed by atoms with Gasteiger partial charge in [-0.15, -0.1) is 0 Å². The number of likely N-dealkylation sites (tertiary alicyclic amines) is 1. The number of alkyl halides is 2. The first-order valence-electron chi connectivity index (χ1n) is 12.5. The number of pyridine rings is 1. The van der Waals surface area contributed by atoms with E-state index in [0.717, 1.165) is 37.9 Å². The summed E-state index contributed by atoms with van der Waals surface area (Å²) in [4.78, 5) is 27.9. The Morgan fingerprint density at radius 2 is 1.94 bits per heavy atom. The van der Waals surface area contributed by atoms with Crippen molar-refractivity contribution in [1.29, 1.82) is 0 Å². The van der Waals surface area contributed by atoms with Crippen LogP contribution in [0.3, 0.4) is 0 Å². The SMILES string of the molecule is C[C@@H]1C[C@H](Cc2ccn3ncc(N4CCC(=O)NC4=O)c3c2)CCN1CC1CCC(F)(F)CC1. The van der Waals surface area contributed by atoms with E-state index in [1.807, 2.05) is 6.20 Å². The lowest BCUT2D eigenvalue weighted by molar-refractivity contribution is -0.120. The molecule has 9 heteroatoms. The third-order valence-corrected chi connectivity index (χ3v) is 7.89. The Kier molecular flexibility index (Phi) is 6.31. The molecule has 2 atom stereocenters. The molecule has 4 heterocycles. The predicted octanol–water partition coefficient (Wildman–Crippen LogP) is 4.25. The molecule has 2 aromatic heterocycles. The zero-order chi connectivity index (χ0) is 23.9. The summed E-state index contributed by atoms with van der Waals surface area (Å²) in [6, 6.07) is 4.23. The van der Waals surface area contributed by atoms with Gasteiger partial charge in [-0.2, -0.15) is 5.10 Å². The molecule has 2 saturated heterocycles. The fourth-order valence-electron chi connectivity index (χ4n) is 5.86. The summed E-state index contributed by atoms with van der Waals surface area (Å²) in [6.07, 6.45) is 8.38. The Bertz CT molecular complexity index is 1060. The maximum atomic E-state index is 13.5. The molecule has 0 bridgehead atoms. The van der Waals surface area contributed by atoms with Crippen LogP contribution in [0.2, 0.25) is 0 Å². The quantitative estimate of drug-likeness (QED) is 0.705. The number of halogens is 2. The third-order valence-electron chi connectivity index (χ3n) is 7.89. The number of anilines is 1. The van der Waals surface area contributed by atoms with E-state index in [4.69, 9.17) is 0 Å². The summed E-state index contributed by atoms with van der Waals surface area (Å²) in [6.45, 7) is 4.57. The van der Waals surface area contributed by atoms with E-state index in [2.05, 4.69) is 34.4 Å². The number of nitrogens with zero attached hydrogens (tertiary/aromatic N) is 4. The van der Waals surface area contributed by atoms with Crippen LogP contribution in [0.25, 0.3) is 5.52 Å². The van der Waals surface area contributed by atoms with Crippen molar-refractivity contribution >= 4 is 23.1 Å². The number of amides is 3. The van der Waals surface area contributed by atoms with Gasteiger partial charge in [0.15, 0.2) is 0 Å². The lowest BCUT2D eigenvalue weighted by atomic mass is 9.83. The van der Waals surface area contributed by atoms with Gasteiger partial charge in [0, 0.05) is 44.6 Å². The summed E-state index contributed by atoms with van der Waals surface area (Å²) in [5.41, 5.74) is 2.79. The van der Waals surface area contributed by atoms with Gasteiger partial charge in [0.2, 0.25) is 11.8 Å². The van der Waals surface area contributed by atoms with E-state index in [1.165, 1.54) is 5.56 Å². The number of urea groups is 1. The molecule has 7 nitrogen and oxygen atoms in total. The number of aromatic nitrogens is 2. The van der Waals surface area contributed by atoms with E-state index in [9.17, 15) is 18.4 Å². The molecule has 0 spiro atoms. The maximum Gasteiger partial charge on any atom is 0.328 e. The Labute approximate surface area is 198 Å². The van der Waals surface area contributed by atoms with Crippen molar-refractivity contribution in [2.24, 2.45) is 11.8 Å². The first kappa shape index (κ1) is 23.2. The van der Waals surface area contributed by atoms with Gasteiger partial charge in [-0.25, -0.2) is 18.1 Å². The highest BCUT2D eigenvalue weighted by molar-refractivity contribution is 6.07. The predicted molar refractivity (Wildman–Crippen MR) is 125 cm³/mol. The second kappa shape index (κ2) is 9.24. The molecule has 1 saturated carbocycles. The first-order chi connectivity index (χ1) is 16.3. The van der Waals surface area contributed by atoms with Gasteiger partial charge in [-0.05, 0) is 75.1 Å². The Morgan fingerprint density at radius 1 is 1.15 bits per heavy atom. The number of nitrogens with one attached hydrogen (secondary N) is 1. The summed E-state index contributed by atoms with van der Waals surface area (Å²) < 4.78 is 28.7. The standard InChI is InChI=1S/C25H33F2N5O2/c1-17-12-19(4-9-30(17)16-18-2-7-25(26,27)8-3-18)13-20-5-11-32-21(14-20)22(15-28-32)31-10-6-23(33)29-24(31)34/h5,11,14-15,17-19H,2-4,6-10,12-13,16H2,1H3,(H,29,33,34)/t17-,19-/m1/s1. The van der Waals surface area contributed by atoms with Crippen molar-refractivity contribution in [3.8, 4) is 0 Å². The van der Waals surface area contributed by atoms with Gasteiger partial charge in [0.05, 0.1) is 17.4 Å². The van der Waals surface area contributed by atoms with Crippen LogP contribution in [-0.2, 0) is 11.2 Å². The summed E-state index contributed by atoms with van der Waals surface area (Å²) >= 11 is 0. The van der Waals surface area contributed by atoms with Crippen molar-refractivity contribution < 1.29 is 18.4 Å². The number of piperidine rings is 1. The molecule has 1 N–H and O–H groups in total. The monoisotopic (exact) mass is 473 g/mol. The highest BCUT2D eigenvalue weighted by Gasteiger charge is 2.36. The number of hydrogen-bond donors (Lipinski definition) is 1. The minimum atomic E-state index is -2.46. The van der Waals surface area contributed by atoms with Crippen molar-refractivity contribution in [2.75, 3.05) is 24.5 Å². The molecule has 0 unspecified atom stereocenters. The topological polar surface area (TPSA) is 70.0 Å². The van der Waals surface area contributed by atoms with Crippen molar-refractivity contribution in [3.05, 3.63) is 30.1 Å². The Hall–Kier alpha value is -2.55. The largest absolute Gasteiger partial charge is 0.328 e. The van der Waals surface area contributed by atoms with Crippen LogP contribution >= 0.6 is 0 Å². The van der Waals surface area contributed by atoms with Gasteiger partial charge >= 0.3 is 6.03 Å². The van der Waals surface area contributed by atoms with Crippen LogP contribution in [-0.4, -0.2) is 58.1 Å². The minimum Gasteiger partial charge on any atom is -0.300 e. The summed E-state index contributed by atoms with van der Waals surface area (Å²) in [5, 5.41) is 6.75. The third kappa shape index (κ3) is 4.94. The lowest BCUT2D eigenvalue weighted by Gasteiger charge is -2.41. The van der Waals surface area contributed by atoms with Crippen LogP contribution in [0.5, 0.6) is 0 Å². The van der Waals surface area contributed by atoms with E-state index < -0.39 is 12.0 Å². The van der Waals surface area contributed by atoms with Crippen molar-refractivity contribution in [2.45, 2.75) is 70.3 Å². The maximum absolute atomic E-state index is 13.5. The van der Waals surface area contributed by atoms with Gasteiger partial charge in [0.25, 0.3) is 0 Å². The zero-order valence-electron chi connectivity index (χ0n) is 19.7. The van der Waals surface area contributed by atoms with Gasteiger partial charge in [-0.3, -0.25) is 15.0 Å². The smallest absolute Gasteiger partial charge is 0.300 e. The van der Waals surface area contributed by atoms with E-state index >= 15 is 0 Å². The molecular formula is C25H33F2N5O2. The number of carbonyl (C=O) groups excluding carboxylic acids is 2. The molecule has 0 radical (unpaired) electrons. The average Bonchev–Trinajstić information content (AvgIpc) is 3.20. The first-order valence-corrected chi connectivity index (χ1v) is 12.5. The zero-order valence-corrected chi connectivity index (χ0v) is 19.7. The second-order valence-corrected chi connectivity index (χ2v) is 10.4. The minimum absolute atomic E-state index is 0.0387. The molecule has 34 heavy (non-hydrogen) atoms. The number of hydrogen-bond acceptors (Lipinski definition) is 4. The van der Waals surface area contributed by atoms with Crippen LogP contribution in [0.15, 0.2) is 24.5 Å². The highest BCUT2D eigenvalue weighted by atomic mass is 19.3. The molecule has 0 aromatic carbocycles. The van der Waals surface area contributed by atoms with E-state index in [-0.39, 0.29) is 25.2 Å². The van der Waals surface area contributed by atoms with Gasteiger partial charge in [-0.1, -0.05) is 0 Å². The van der Waals surface area contributed by atoms with Gasteiger partial charge < -0.3 is 4.90 Å². The number of carbonyl (C=O) groups is 2. The average molecular weight is 474 g/mol. The normalized spacial score (nSPS) is 26.7. The molecule has 3 fully saturated rings. The van der Waals surface area contributed by atoms with Crippen LogP contribution < -0.4 is 10.2 Å². The van der Waals surface area contributed by atoms with Crippen LogP contribution in [0.4, 0.5) is 19.3 Å². The van der Waals surface area contributed by atoms with E-state index in [0.29, 0.717) is 43.0 Å². The van der Waals surface area contributed by atoms with Crippen LogP contribution in [0, 0.1) is 11.8 Å². The van der Waals surface area contributed by atoms with Crippen molar-refractivity contribution in [3.63, 3.8) is 0 Å². The molecule has 2 aromatic rings. The highest BCUT2D eigenvalue weighted by Crippen LogP contribution is 2.37. The van der Waals surface area contributed by atoms with Gasteiger partial charge in [0.1, 0.15) is 0 Å². The molecule has 1 aliphatic carbocycles. The fourth-order valence-corrected chi connectivity index (χ4v) is 5.86. The lowest BCUT2D eigenvalue weighted by Crippen LogP contribution is -2.49. The summed E-state index contributed by atoms with van der Waals surface area (Å²) in [7, 11) is 0. The summed E-state index contributed by atoms with van der Waals surface area (Å²) in [5.74, 6) is -1.75.